The van der Waals surface area contributed by atoms with Crippen LogP contribution in [0.1, 0.15) is 264 Å². The third kappa shape index (κ3) is 45.3. The van der Waals surface area contributed by atoms with E-state index in [9.17, 15) is 15.0 Å². The van der Waals surface area contributed by atoms with E-state index < -0.39 is 12.1 Å². The number of carbonyl (C=O) groups is 1. The van der Waals surface area contributed by atoms with Crippen molar-refractivity contribution in [2.24, 2.45) is 0 Å². The Morgan fingerprint density at radius 1 is 0.404 bits per heavy atom. The molecule has 0 aromatic heterocycles. The fourth-order valence-electron chi connectivity index (χ4n) is 7.62. The Morgan fingerprint density at radius 2 is 0.684 bits per heavy atom. The van der Waals surface area contributed by atoms with Crippen LogP contribution in [0.5, 0.6) is 0 Å². The molecule has 0 aromatic rings. The highest BCUT2D eigenvalue weighted by molar-refractivity contribution is 5.76. The number of rotatable bonds is 46. The van der Waals surface area contributed by atoms with E-state index in [0.717, 1.165) is 38.5 Å². The molecule has 0 saturated carbocycles. The van der Waals surface area contributed by atoms with Gasteiger partial charge in [0.05, 0.1) is 18.8 Å². The Morgan fingerprint density at radius 3 is 1.05 bits per heavy atom. The average Bonchev–Trinajstić information content (AvgIpc) is 3.22. The van der Waals surface area contributed by atoms with Crippen LogP contribution in [0.3, 0.4) is 0 Å². The first-order chi connectivity index (χ1) is 28.2. The van der Waals surface area contributed by atoms with Crippen molar-refractivity contribution < 1.29 is 15.0 Å². The highest BCUT2D eigenvalue weighted by Crippen LogP contribution is 2.16. The lowest BCUT2D eigenvalue weighted by Gasteiger charge is -2.19. The highest BCUT2D eigenvalue weighted by Gasteiger charge is 2.17. The molecule has 0 aliphatic rings. The zero-order valence-corrected chi connectivity index (χ0v) is 38.4. The topological polar surface area (TPSA) is 69.6 Å². The van der Waals surface area contributed by atoms with Crippen molar-refractivity contribution in [3.8, 4) is 0 Å². The number of unbranched alkanes of at least 4 members (excludes halogenated alkanes) is 33. The molecule has 334 valence electrons. The van der Waals surface area contributed by atoms with Crippen molar-refractivity contribution in [1.82, 2.24) is 5.32 Å². The van der Waals surface area contributed by atoms with E-state index in [-0.39, 0.29) is 12.5 Å². The van der Waals surface area contributed by atoms with Gasteiger partial charge in [0.2, 0.25) is 5.91 Å². The fraction of sp³-hybridized carbons (Fsp3) is 0.830. The third-order valence-electron chi connectivity index (χ3n) is 11.5. The molecule has 0 radical (unpaired) electrons. The molecule has 4 heteroatoms. The van der Waals surface area contributed by atoms with Gasteiger partial charge in [-0.05, 0) is 70.6 Å². The molecule has 57 heavy (non-hydrogen) atoms. The summed E-state index contributed by atoms with van der Waals surface area (Å²) in [6.07, 6.45) is 66.9. The predicted octanol–water partition coefficient (Wildman–Crippen LogP) is 16.3. The second kappa shape index (κ2) is 48.7. The maximum absolute atomic E-state index is 12.4. The number of aliphatic hydroxyl groups is 2. The van der Waals surface area contributed by atoms with Crippen molar-refractivity contribution in [3.05, 3.63) is 48.6 Å². The van der Waals surface area contributed by atoms with Crippen LogP contribution in [0, 0.1) is 0 Å². The van der Waals surface area contributed by atoms with E-state index >= 15 is 0 Å². The molecule has 0 aromatic carbocycles. The molecule has 0 fully saturated rings. The van der Waals surface area contributed by atoms with Crippen molar-refractivity contribution in [3.63, 3.8) is 0 Å². The van der Waals surface area contributed by atoms with Crippen LogP contribution in [0.2, 0.25) is 0 Å². The van der Waals surface area contributed by atoms with Gasteiger partial charge in [-0.3, -0.25) is 4.79 Å². The Hall–Kier alpha value is -1.65. The van der Waals surface area contributed by atoms with Gasteiger partial charge in [-0.25, -0.2) is 0 Å². The van der Waals surface area contributed by atoms with Crippen LogP contribution in [0.4, 0.5) is 0 Å². The van der Waals surface area contributed by atoms with Gasteiger partial charge < -0.3 is 15.5 Å². The summed E-state index contributed by atoms with van der Waals surface area (Å²) in [6.45, 7) is 4.27. The molecule has 1 amide bonds. The van der Waals surface area contributed by atoms with Crippen molar-refractivity contribution in [1.29, 1.82) is 0 Å². The number of hydrogen-bond acceptors (Lipinski definition) is 3. The van der Waals surface area contributed by atoms with Crippen LogP contribution < -0.4 is 5.32 Å². The van der Waals surface area contributed by atoms with Gasteiger partial charge in [0.1, 0.15) is 0 Å². The summed E-state index contributed by atoms with van der Waals surface area (Å²) < 4.78 is 0. The fourth-order valence-corrected chi connectivity index (χ4v) is 7.62. The quantitative estimate of drug-likeness (QED) is 0.0424. The van der Waals surface area contributed by atoms with Crippen molar-refractivity contribution >= 4 is 5.91 Å². The second-order valence-electron chi connectivity index (χ2n) is 17.2. The molecule has 0 bridgehead atoms. The number of aliphatic hydroxyl groups excluding tert-OH is 2. The minimum absolute atomic E-state index is 0.0770. The minimum Gasteiger partial charge on any atom is -0.394 e. The molecular formula is C53H99NO3. The maximum Gasteiger partial charge on any atom is 0.220 e. The van der Waals surface area contributed by atoms with Gasteiger partial charge in [-0.15, -0.1) is 0 Å². The van der Waals surface area contributed by atoms with E-state index in [1.165, 1.54) is 205 Å². The monoisotopic (exact) mass is 798 g/mol. The first kappa shape index (κ1) is 55.4. The van der Waals surface area contributed by atoms with Gasteiger partial charge in [0.15, 0.2) is 0 Å². The lowest BCUT2D eigenvalue weighted by molar-refractivity contribution is -0.123. The summed E-state index contributed by atoms with van der Waals surface area (Å²) in [4.78, 5) is 12.4. The number of nitrogens with one attached hydrogen (secondary N) is 1. The lowest BCUT2D eigenvalue weighted by atomic mass is 10.0. The minimum atomic E-state index is -0.868. The summed E-state index contributed by atoms with van der Waals surface area (Å²) in [5.41, 5.74) is 0. The number of amides is 1. The number of carbonyl (C=O) groups excluding carboxylic acids is 1. The van der Waals surface area contributed by atoms with Crippen LogP contribution in [0.15, 0.2) is 48.6 Å². The van der Waals surface area contributed by atoms with Crippen molar-refractivity contribution in [2.45, 2.75) is 276 Å². The summed E-state index contributed by atoms with van der Waals surface area (Å²) >= 11 is 0. The molecule has 0 aliphatic carbocycles. The molecule has 0 saturated heterocycles. The van der Waals surface area contributed by atoms with Gasteiger partial charge in [-0.2, -0.15) is 0 Å². The standard InChI is InChI=1S/C53H99NO3/c1-3-5-7-9-11-13-15-17-18-19-20-21-22-23-24-25-26-27-28-29-30-31-32-33-34-35-37-39-41-43-45-47-49-53(57)54-51(50-55)52(56)48-46-44-42-40-38-36-16-14-12-10-8-6-4-2/h12,14,23-24,38,40,46,48,51-52,55-56H,3-11,13,15-22,25-37,39,41-45,47,49-50H2,1-2H3,(H,54,57)/b14-12+,24-23-,40-38+,48-46+. The molecule has 0 aliphatic heterocycles. The van der Waals surface area contributed by atoms with Crippen LogP contribution in [-0.4, -0.2) is 34.9 Å². The average molecular weight is 798 g/mol. The van der Waals surface area contributed by atoms with E-state index in [0.29, 0.717) is 6.42 Å². The number of hydrogen-bond donors (Lipinski definition) is 3. The summed E-state index contributed by atoms with van der Waals surface area (Å²) in [5.74, 6) is -0.0770. The van der Waals surface area contributed by atoms with Crippen LogP contribution >= 0.6 is 0 Å². The zero-order valence-electron chi connectivity index (χ0n) is 38.4. The molecule has 2 atom stereocenters. The lowest BCUT2D eigenvalue weighted by Crippen LogP contribution is -2.45. The largest absolute Gasteiger partial charge is 0.394 e. The first-order valence-electron chi connectivity index (χ1n) is 25.4. The molecule has 3 N–H and O–H groups in total. The smallest absolute Gasteiger partial charge is 0.220 e. The molecular weight excluding hydrogens is 699 g/mol. The van der Waals surface area contributed by atoms with E-state index in [4.69, 9.17) is 0 Å². The zero-order chi connectivity index (χ0) is 41.4. The normalized spacial score (nSPS) is 13.3. The van der Waals surface area contributed by atoms with E-state index in [1.807, 2.05) is 6.08 Å². The van der Waals surface area contributed by atoms with E-state index in [1.54, 1.807) is 6.08 Å². The molecule has 0 heterocycles. The Balaban J connectivity index is 3.46. The highest BCUT2D eigenvalue weighted by atomic mass is 16.3. The summed E-state index contributed by atoms with van der Waals surface area (Å²) in [5, 5.41) is 23.0. The predicted molar refractivity (Wildman–Crippen MR) is 253 cm³/mol. The maximum atomic E-state index is 12.4. The van der Waals surface area contributed by atoms with Gasteiger partial charge in [0.25, 0.3) is 0 Å². The van der Waals surface area contributed by atoms with Gasteiger partial charge in [0, 0.05) is 6.42 Å². The Bertz CT molecular complexity index is 908. The van der Waals surface area contributed by atoms with E-state index in [2.05, 4.69) is 55.6 Å². The second-order valence-corrected chi connectivity index (χ2v) is 17.2. The molecule has 2 unspecified atom stereocenters. The van der Waals surface area contributed by atoms with Crippen molar-refractivity contribution in [2.75, 3.05) is 6.61 Å². The summed E-state index contributed by atoms with van der Waals surface area (Å²) in [7, 11) is 0. The van der Waals surface area contributed by atoms with Crippen LogP contribution in [0.25, 0.3) is 0 Å². The van der Waals surface area contributed by atoms with Gasteiger partial charge >= 0.3 is 0 Å². The third-order valence-corrected chi connectivity index (χ3v) is 11.5. The Labute approximate surface area is 356 Å². The van der Waals surface area contributed by atoms with Gasteiger partial charge in [-0.1, -0.05) is 236 Å². The molecule has 0 rings (SSSR count). The molecule has 0 spiro atoms. The van der Waals surface area contributed by atoms with Crippen LogP contribution in [-0.2, 0) is 4.79 Å². The SMILES string of the molecule is CCCCC/C=C/CC/C=C/CC/C=C/C(O)C(CO)NC(=O)CCCCCCCCCCCCCCCCCC/C=C\CCCCCCCCCCCCCC. The Kier molecular flexibility index (Phi) is 47.3. The molecule has 4 nitrogen and oxygen atoms in total. The summed E-state index contributed by atoms with van der Waals surface area (Å²) in [6, 6.07) is -0.644. The first-order valence-corrected chi connectivity index (χ1v) is 25.4. The number of allylic oxidation sites excluding steroid dienone is 7.